The molecule has 5 heteroatoms. The number of nitrogens with one attached hydrogen (secondary N) is 1. The lowest BCUT2D eigenvalue weighted by Gasteiger charge is -2.30. The predicted molar refractivity (Wildman–Crippen MR) is 109 cm³/mol. The highest BCUT2D eigenvalue weighted by molar-refractivity contribution is 6.12. The average Bonchev–Trinajstić information content (AvgIpc) is 3.18. The molecular formula is C23H24N2O3. The Morgan fingerprint density at radius 2 is 1.96 bits per heavy atom. The van der Waals surface area contributed by atoms with E-state index in [0.717, 1.165) is 36.8 Å². The minimum absolute atomic E-state index is 0.0130. The molecule has 0 bridgehead atoms. The SMILES string of the molecule is Cc1cccc(/C=C2/Oc3ccccc3N(CC(=O)NC3CCCC3)C2=O)c1. The first-order valence-corrected chi connectivity index (χ1v) is 9.76. The minimum atomic E-state index is -0.304. The van der Waals surface area contributed by atoms with Crippen LogP contribution in [0, 0.1) is 6.92 Å². The number of benzene rings is 2. The zero-order chi connectivity index (χ0) is 19.5. The number of hydrogen-bond acceptors (Lipinski definition) is 3. The molecule has 1 heterocycles. The summed E-state index contributed by atoms with van der Waals surface area (Å²) in [5.41, 5.74) is 2.61. The number of nitrogens with zero attached hydrogens (tertiary/aromatic N) is 1. The van der Waals surface area contributed by atoms with E-state index in [1.54, 1.807) is 12.1 Å². The van der Waals surface area contributed by atoms with E-state index in [0.29, 0.717) is 11.4 Å². The quantitative estimate of drug-likeness (QED) is 0.826. The molecule has 1 N–H and O–H groups in total. The fraction of sp³-hybridized carbons (Fsp3) is 0.304. The van der Waals surface area contributed by atoms with E-state index < -0.39 is 0 Å². The zero-order valence-electron chi connectivity index (χ0n) is 16.0. The van der Waals surface area contributed by atoms with E-state index in [1.807, 2.05) is 49.4 Å². The monoisotopic (exact) mass is 376 g/mol. The van der Waals surface area contributed by atoms with E-state index in [2.05, 4.69) is 5.32 Å². The van der Waals surface area contributed by atoms with Crippen LogP contribution in [-0.2, 0) is 9.59 Å². The van der Waals surface area contributed by atoms with Crippen LogP contribution < -0.4 is 15.0 Å². The van der Waals surface area contributed by atoms with Crippen molar-refractivity contribution < 1.29 is 14.3 Å². The molecule has 4 rings (SSSR count). The van der Waals surface area contributed by atoms with Gasteiger partial charge in [-0.2, -0.15) is 0 Å². The molecule has 2 aliphatic rings. The van der Waals surface area contributed by atoms with Gasteiger partial charge in [-0.25, -0.2) is 0 Å². The zero-order valence-corrected chi connectivity index (χ0v) is 16.0. The van der Waals surface area contributed by atoms with Gasteiger partial charge in [-0.3, -0.25) is 14.5 Å². The molecule has 1 aliphatic carbocycles. The van der Waals surface area contributed by atoms with Gasteiger partial charge in [0.1, 0.15) is 6.54 Å². The van der Waals surface area contributed by atoms with Gasteiger partial charge in [0, 0.05) is 6.04 Å². The van der Waals surface area contributed by atoms with E-state index >= 15 is 0 Å². The summed E-state index contributed by atoms with van der Waals surface area (Å²) in [6.45, 7) is 1.99. The van der Waals surface area contributed by atoms with Crippen LogP contribution in [0.3, 0.4) is 0 Å². The normalized spacial score (nSPS) is 18.1. The van der Waals surface area contributed by atoms with Gasteiger partial charge in [0.2, 0.25) is 5.91 Å². The van der Waals surface area contributed by atoms with Crippen molar-refractivity contribution in [2.24, 2.45) is 0 Å². The number of aryl methyl sites for hydroxylation is 1. The molecule has 2 aromatic rings. The predicted octanol–water partition coefficient (Wildman–Crippen LogP) is 3.82. The second kappa shape index (κ2) is 7.89. The average molecular weight is 376 g/mol. The number of hydrogen-bond donors (Lipinski definition) is 1. The lowest BCUT2D eigenvalue weighted by atomic mass is 10.1. The van der Waals surface area contributed by atoms with Gasteiger partial charge < -0.3 is 10.1 Å². The third-order valence-electron chi connectivity index (χ3n) is 5.19. The Morgan fingerprint density at radius 3 is 2.75 bits per heavy atom. The fourth-order valence-electron chi connectivity index (χ4n) is 3.82. The van der Waals surface area contributed by atoms with Crippen LogP contribution in [0.4, 0.5) is 5.69 Å². The Morgan fingerprint density at radius 1 is 1.18 bits per heavy atom. The van der Waals surface area contributed by atoms with Crippen LogP contribution in [0.1, 0.15) is 36.8 Å². The Balaban J connectivity index is 1.60. The van der Waals surface area contributed by atoms with Crippen LogP contribution in [0.2, 0.25) is 0 Å². The summed E-state index contributed by atoms with van der Waals surface area (Å²) < 4.78 is 5.87. The summed E-state index contributed by atoms with van der Waals surface area (Å²) in [5.74, 6) is 0.362. The lowest BCUT2D eigenvalue weighted by Crippen LogP contribution is -2.46. The van der Waals surface area contributed by atoms with Crippen molar-refractivity contribution in [3.05, 3.63) is 65.4 Å². The summed E-state index contributed by atoms with van der Waals surface area (Å²) in [5, 5.41) is 3.06. The first-order valence-electron chi connectivity index (χ1n) is 9.76. The molecule has 1 aliphatic heterocycles. The largest absolute Gasteiger partial charge is 0.449 e. The highest BCUT2D eigenvalue weighted by Crippen LogP contribution is 2.35. The van der Waals surface area contributed by atoms with E-state index in [1.165, 1.54) is 4.90 Å². The maximum atomic E-state index is 13.1. The number of anilines is 1. The third-order valence-corrected chi connectivity index (χ3v) is 5.19. The number of amides is 2. The van der Waals surface area contributed by atoms with Gasteiger partial charge in [-0.05, 0) is 43.5 Å². The Kier molecular flexibility index (Phi) is 5.15. The molecule has 1 fully saturated rings. The van der Waals surface area contributed by atoms with E-state index in [9.17, 15) is 9.59 Å². The molecule has 2 amide bonds. The van der Waals surface area contributed by atoms with Crippen molar-refractivity contribution >= 4 is 23.6 Å². The van der Waals surface area contributed by atoms with Crippen LogP contribution in [-0.4, -0.2) is 24.4 Å². The van der Waals surface area contributed by atoms with Crippen molar-refractivity contribution in [1.82, 2.24) is 5.32 Å². The van der Waals surface area contributed by atoms with Crippen LogP contribution in [0.25, 0.3) is 6.08 Å². The molecule has 0 spiro atoms. The van der Waals surface area contributed by atoms with Crippen molar-refractivity contribution in [2.75, 3.05) is 11.4 Å². The first kappa shape index (κ1) is 18.3. The molecule has 2 aromatic carbocycles. The maximum Gasteiger partial charge on any atom is 0.294 e. The fourth-order valence-corrected chi connectivity index (χ4v) is 3.82. The number of carbonyl (C=O) groups excluding carboxylic acids is 2. The number of fused-ring (bicyclic) bond motifs is 1. The van der Waals surface area contributed by atoms with Gasteiger partial charge in [0.25, 0.3) is 5.91 Å². The molecule has 0 saturated heterocycles. The molecular weight excluding hydrogens is 352 g/mol. The minimum Gasteiger partial charge on any atom is -0.449 e. The summed E-state index contributed by atoms with van der Waals surface area (Å²) in [6.07, 6.45) is 6.05. The second-order valence-corrected chi connectivity index (χ2v) is 7.43. The van der Waals surface area contributed by atoms with Gasteiger partial charge in [0.15, 0.2) is 11.5 Å². The Hall–Kier alpha value is -3.08. The number of carbonyl (C=O) groups is 2. The van der Waals surface area contributed by atoms with E-state index in [4.69, 9.17) is 4.74 Å². The number of rotatable bonds is 4. The third kappa shape index (κ3) is 3.93. The summed E-state index contributed by atoms with van der Waals surface area (Å²) >= 11 is 0. The standard InChI is InChI=1S/C23H24N2O3/c1-16-7-6-8-17(13-16)14-21-23(27)25(19-11-4-5-12-20(19)28-21)15-22(26)24-18-9-2-3-10-18/h4-8,11-14,18H,2-3,9-10,15H2,1H3,(H,24,26)/b21-14+. The molecule has 28 heavy (non-hydrogen) atoms. The number of para-hydroxylation sites is 2. The maximum absolute atomic E-state index is 13.1. The molecule has 0 unspecified atom stereocenters. The second-order valence-electron chi connectivity index (χ2n) is 7.43. The molecule has 1 saturated carbocycles. The van der Waals surface area contributed by atoms with Crippen molar-refractivity contribution in [3.63, 3.8) is 0 Å². The summed E-state index contributed by atoms with van der Waals surface area (Å²) in [6, 6.07) is 15.4. The summed E-state index contributed by atoms with van der Waals surface area (Å²) in [4.78, 5) is 27.2. The van der Waals surface area contributed by atoms with Gasteiger partial charge in [-0.1, -0.05) is 54.8 Å². The van der Waals surface area contributed by atoms with Crippen LogP contribution in [0.5, 0.6) is 5.75 Å². The summed E-state index contributed by atoms with van der Waals surface area (Å²) in [7, 11) is 0. The van der Waals surface area contributed by atoms with Crippen LogP contribution >= 0.6 is 0 Å². The van der Waals surface area contributed by atoms with Gasteiger partial charge in [-0.15, -0.1) is 0 Å². The molecule has 0 atom stereocenters. The van der Waals surface area contributed by atoms with E-state index in [-0.39, 0.29) is 30.2 Å². The van der Waals surface area contributed by atoms with Gasteiger partial charge >= 0.3 is 0 Å². The molecule has 0 aromatic heterocycles. The van der Waals surface area contributed by atoms with Crippen molar-refractivity contribution in [1.29, 1.82) is 0 Å². The van der Waals surface area contributed by atoms with Gasteiger partial charge in [0.05, 0.1) is 5.69 Å². The van der Waals surface area contributed by atoms with Crippen molar-refractivity contribution in [2.45, 2.75) is 38.6 Å². The Bertz CT molecular complexity index is 929. The first-order chi connectivity index (χ1) is 13.6. The smallest absolute Gasteiger partial charge is 0.294 e. The van der Waals surface area contributed by atoms with Crippen molar-refractivity contribution in [3.8, 4) is 5.75 Å². The molecule has 144 valence electrons. The topological polar surface area (TPSA) is 58.6 Å². The lowest BCUT2D eigenvalue weighted by molar-refractivity contribution is -0.123. The highest BCUT2D eigenvalue weighted by atomic mass is 16.5. The number of ether oxygens (including phenoxy) is 1. The molecule has 0 radical (unpaired) electrons. The van der Waals surface area contributed by atoms with Crippen LogP contribution in [0.15, 0.2) is 54.3 Å². The Labute approximate surface area is 165 Å². The molecule has 5 nitrogen and oxygen atoms in total. The highest BCUT2D eigenvalue weighted by Gasteiger charge is 2.32.